The van der Waals surface area contributed by atoms with Crippen LogP contribution in [0.25, 0.3) is 0 Å². The molecule has 6 heteroatoms. The van der Waals surface area contributed by atoms with E-state index in [-0.39, 0.29) is 31.1 Å². The molecule has 0 amide bonds. The molecule has 0 rings (SSSR count). The Morgan fingerprint density at radius 3 is 0.849 bits per heavy atom. The lowest BCUT2D eigenvalue weighted by atomic mass is 10.1. The number of esters is 3. The molecule has 0 N–H and O–H groups in total. The normalized spacial score (nSPS) is 13.0. The first-order valence-electron chi connectivity index (χ1n) is 30.0. The van der Waals surface area contributed by atoms with Crippen molar-refractivity contribution in [2.75, 3.05) is 13.2 Å². The van der Waals surface area contributed by atoms with E-state index in [0.29, 0.717) is 19.3 Å². The van der Waals surface area contributed by atoms with Crippen LogP contribution in [0.1, 0.15) is 265 Å². The van der Waals surface area contributed by atoms with Crippen molar-refractivity contribution in [1.82, 2.24) is 0 Å². The van der Waals surface area contributed by atoms with Gasteiger partial charge in [-0.3, -0.25) is 14.4 Å². The molecule has 0 aliphatic heterocycles. The molecule has 0 radical (unpaired) electrons. The first-order valence-corrected chi connectivity index (χ1v) is 30.0. The van der Waals surface area contributed by atoms with Gasteiger partial charge in [0.1, 0.15) is 13.2 Å². The molecule has 0 spiro atoms. The summed E-state index contributed by atoms with van der Waals surface area (Å²) in [6.07, 6.45) is 83.4. The Morgan fingerprint density at radius 2 is 0.534 bits per heavy atom. The first kappa shape index (κ1) is 68.8. The van der Waals surface area contributed by atoms with E-state index >= 15 is 0 Å². The summed E-state index contributed by atoms with van der Waals surface area (Å²) in [5.41, 5.74) is 0. The monoisotopic (exact) mass is 1010 g/mol. The standard InChI is InChI=1S/C67H110O6/c1-4-7-10-13-16-19-22-25-26-27-28-29-30-31-32-33-34-35-36-37-38-39-40-43-45-48-51-54-57-60-66(69)72-63-64(73-67(70)61-58-55-52-49-46-42-24-21-18-15-12-9-6-3)62-71-65(68)59-56-53-50-47-44-41-23-20-17-14-11-8-5-2/h7,10,16,19-21,23-26,28-29,31-32,34-35,37-38,40,43,64H,4-6,8-9,11-15,17-18,22,27,30,33,36,39,41-42,44-63H2,1-3H3/b10-7-,19-16-,23-20-,24-21-,26-25-,29-28-,32-31-,35-34-,38-37-,43-40-. The van der Waals surface area contributed by atoms with Crippen molar-refractivity contribution < 1.29 is 28.6 Å². The fourth-order valence-electron chi connectivity index (χ4n) is 7.92. The molecule has 0 aromatic carbocycles. The maximum atomic E-state index is 12.8. The molecule has 414 valence electrons. The number of hydrogen-bond acceptors (Lipinski definition) is 6. The number of allylic oxidation sites excluding steroid dienone is 20. The molecule has 1 unspecified atom stereocenters. The van der Waals surface area contributed by atoms with Gasteiger partial charge in [-0.15, -0.1) is 0 Å². The molecule has 0 aliphatic carbocycles. The van der Waals surface area contributed by atoms with E-state index in [1.807, 2.05) is 0 Å². The Hall–Kier alpha value is -4.19. The van der Waals surface area contributed by atoms with Crippen LogP contribution in [0.5, 0.6) is 0 Å². The number of ether oxygens (including phenoxy) is 3. The summed E-state index contributed by atoms with van der Waals surface area (Å²) in [7, 11) is 0. The van der Waals surface area contributed by atoms with Crippen molar-refractivity contribution in [2.24, 2.45) is 0 Å². The molecular formula is C67H110O6. The maximum absolute atomic E-state index is 12.8. The van der Waals surface area contributed by atoms with Crippen LogP contribution in [0, 0.1) is 0 Å². The highest BCUT2D eigenvalue weighted by molar-refractivity contribution is 5.71. The summed E-state index contributed by atoms with van der Waals surface area (Å²) in [6.45, 7) is 6.46. The zero-order valence-electron chi connectivity index (χ0n) is 47.4. The van der Waals surface area contributed by atoms with Crippen molar-refractivity contribution in [3.05, 3.63) is 122 Å². The molecule has 0 aromatic rings. The Balaban J connectivity index is 4.36. The van der Waals surface area contributed by atoms with Gasteiger partial charge in [-0.05, 0) is 135 Å². The average Bonchev–Trinajstić information content (AvgIpc) is 3.39. The van der Waals surface area contributed by atoms with Crippen molar-refractivity contribution in [2.45, 2.75) is 271 Å². The van der Waals surface area contributed by atoms with Crippen LogP contribution in [-0.2, 0) is 28.6 Å². The van der Waals surface area contributed by atoms with Crippen LogP contribution >= 0.6 is 0 Å². The van der Waals surface area contributed by atoms with E-state index in [1.54, 1.807) is 0 Å². The summed E-state index contributed by atoms with van der Waals surface area (Å²) in [5.74, 6) is -0.940. The third kappa shape index (κ3) is 58.6. The number of unbranched alkanes of at least 4 members (excludes halogenated alkanes) is 22. The smallest absolute Gasteiger partial charge is 0.306 e. The van der Waals surface area contributed by atoms with Crippen LogP contribution in [0.15, 0.2) is 122 Å². The molecule has 73 heavy (non-hydrogen) atoms. The number of rotatable bonds is 53. The minimum absolute atomic E-state index is 0.0957. The number of hydrogen-bond donors (Lipinski definition) is 0. The SMILES string of the molecule is CC/C=C\C/C=C\C/C=C\C/C=C\C/C=C\C/C=C\C/C=C\C/C=C\CCCCCCC(=O)OCC(COC(=O)CCCCCCC/C=C\CCCCCC)OC(=O)CCCCCCC/C=C\CCCCCC. The fraction of sp³-hybridized carbons (Fsp3) is 0.657. The Morgan fingerprint density at radius 1 is 0.288 bits per heavy atom. The van der Waals surface area contributed by atoms with Crippen LogP contribution in [0.4, 0.5) is 0 Å². The number of carbonyl (C=O) groups is 3. The second-order valence-corrected chi connectivity index (χ2v) is 19.5. The van der Waals surface area contributed by atoms with Gasteiger partial charge in [-0.25, -0.2) is 0 Å². The molecule has 0 heterocycles. The molecule has 0 bridgehead atoms. The second kappa shape index (κ2) is 60.4. The second-order valence-electron chi connectivity index (χ2n) is 19.5. The van der Waals surface area contributed by atoms with E-state index < -0.39 is 6.10 Å². The largest absolute Gasteiger partial charge is 0.462 e. The zero-order valence-corrected chi connectivity index (χ0v) is 47.4. The highest BCUT2D eigenvalue weighted by atomic mass is 16.6. The predicted molar refractivity (Wildman–Crippen MR) is 316 cm³/mol. The highest BCUT2D eigenvalue weighted by Crippen LogP contribution is 2.14. The van der Waals surface area contributed by atoms with Crippen molar-refractivity contribution in [3.8, 4) is 0 Å². The molecule has 1 atom stereocenters. The minimum atomic E-state index is -0.799. The molecule has 6 nitrogen and oxygen atoms in total. The van der Waals surface area contributed by atoms with Crippen LogP contribution in [0.2, 0.25) is 0 Å². The molecular weight excluding hydrogens is 901 g/mol. The van der Waals surface area contributed by atoms with Crippen molar-refractivity contribution in [1.29, 1.82) is 0 Å². The summed E-state index contributed by atoms with van der Waals surface area (Å²) in [5, 5.41) is 0. The zero-order chi connectivity index (χ0) is 52.9. The summed E-state index contributed by atoms with van der Waals surface area (Å²) in [4.78, 5) is 38.1. The minimum Gasteiger partial charge on any atom is -0.462 e. The third-order valence-corrected chi connectivity index (χ3v) is 12.4. The molecule has 0 aromatic heterocycles. The predicted octanol–water partition coefficient (Wildman–Crippen LogP) is 20.4. The lowest BCUT2D eigenvalue weighted by Crippen LogP contribution is -2.30. The third-order valence-electron chi connectivity index (χ3n) is 12.4. The van der Waals surface area contributed by atoms with E-state index in [9.17, 15) is 14.4 Å². The van der Waals surface area contributed by atoms with Crippen molar-refractivity contribution in [3.63, 3.8) is 0 Å². The summed E-state index contributed by atoms with van der Waals surface area (Å²) >= 11 is 0. The quantitative estimate of drug-likeness (QED) is 0.0261. The van der Waals surface area contributed by atoms with Gasteiger partial charge < -0.3 is 14.2 Å². The molecule has 0 aliphatic rings. The summed E-state index contributed by atoms with van der Waals surface area (Å²) in [6, 6.07) is 0. The van der Waals surface area contributed by atoms with Crippen LogP contribution < -0.4 is 0 Å². The average molecular weight is 1010 g/mol. The fourth-order valence-corrected chi connectivity index (χ4v) is 7.92. The van der Waals surface area contributed by atoms with Crippen LogP contribution in [-0.4, -0.2) is 37.2 Å². The molecule has 0 saturated carbocycles. The van der Waals surface area contributed by atoms with Gasteiger partial charge in [0.25, 0.3) is 0 Å². The van der Waals surface area contributed by atoms with E-state index in [4.69, 9.17) is 14.2 Å². The van der Waals surface area contributed by atoms with Gasteiger partial charge in [-0.1, -0.05) is 232 Å². The van der Waals surface area contributed by atoms with Gasteiger partial charge in [-0.2, -0.15) is 0 Å². The first-order chi connectivity index (χ1) is 36.0. The molecule has 0 fully saturated rings. The summed E-state index contributed by atoms with van der Waals surface area (Å²) < 4.78 is 16.8. The Kier molecular flexibility index (Phi) is 56.9. The number of carbonyl (C=O) groups excluding carboxylic acids is 3. The van der Waals surface area contributed by atoms with Crippen molar-refractivity contribution >= 4 is 17.9 Å². The van der Waals surface area contributed by atoms with E-state index in [1.165, 1.54) is 77.0 Å². The lowest BCUT2D eigenvalue weighted by Gasteiger charge is -2.18. The van der Waals surface area contributed by atoms with Gasteiger partial charge in [0.05, 0.1) is 0 Å². The van der Waals surface area contributed by atoms with Gasteiger partial charge in [0, 0.05) is 19.3 Å². The molecule has 0 saturated heterocycles. The van der Waals surface area contributed by atoms with E-state index in [2.05, 4.69) is 142 Å². The Labute approximate surface area is 450 Å². The van der Waals surface area contributed by atoms with E-state index in [0.717, 1.165) is 148 Å². The van der Waals surface area contributed by atoms with Gasteiger partial charge in [0.2, 0.25) is 0 Å². The highest BCUT2D eigenvalue weighted by Gasteiger charge is 2.19. The topological polar surface area (TPSA) is 78.9 Å². The Bertz CT molecular complexity index is 1540. The van der Waals surface area contributed by atoms with Gasteiger partial charge in [0.15, 0.2) is 6.10 Å². The maximum Gasteiger partial charge on any atom is 0.306 e. The lowest BCUT2D eigenvalue weighted by molar-refractivity contribution is -0.167. The van der Waals surface area contributed by atoms with Crippen LogP contribution in [0.3, 0.4) is 0 Å². The van der Waals surface area contributed by atoms with Gasteiger partial charge >= 0.3 is 17.9 Å².